The Labute approximate surface area is 162 Å². The first-order valence-corrected chi connectivity index (χ1v) is 10.2. The lowest BCUT2D eigenvalue weighted by Crippen LogP contribution is -2.04. The van der Waals surface area contributed by atoms with Crippen LogP contribution < -0.4 is 5.32 Å². The number of hydrogen-bond acceptors (Lipinski definition) is 3. The van der Waals surface area contributed by atoms with Crippen LogP contribution >= 0.6 is 22.9 Å². The van der Waals surface area contributed by atoms with Crippen molar-refractivity contribution in [1.29, 1.82) is 0 Å². The van der Waals surface area contributed by atoms with E-state index in [1.54, 1.807) is 6.07 Å². The van der Waals surface area contributed by atoms with E-state index in [-0.39, 0.29) is 5.82 Å². The monoisotopic (exact) mass is 386 g/mol. The van der Waals surface area contributed by atoms with Gasteiger partial charge in [0.25, 0.3) is 0 Å². The highest BCUT2D eigenvalue weighted by Crippen LogP contribution is 2.34. The van der Waals surface area contributed by atoms with Gasteiger partial charge in [0.15, 0.2) is 5.13 Å². The van der Waals surface area contributed by atoms with Crippen LogP contribution in [0.3, 0.4) is 0 Å². The highest BCUT2D eigenvalue weighted by molar-refractivity contribution is 7.14. The largest absolute Gasteiger partial charge is 0.330 e. The fraction of sp³-hybridized carbons (Fsp3) is 0.286. The van der Waals surface area contributed by atoms with Crippen molar-refractivity contribution in [2.45, 2.75) is 38.0 Å². The number of rotatable bonds is 4. The molecule has 0 amide bonds. The van der Waals surface area contributed by atoms with E-state index in [4.69, 9.17) is 11.6 Å². The Bertz CT molecular complexity index is 885. The lowest BCUT2D eigenvalue weighted by Gasteiger charge is -2.22. The molecule has 1 heterocycles. The molecule has 0 aliphatic heterocycles. The number of benzene rings is 2. The van der Waals surface area contributed by atoms with Crippen molar-refractivity contribution in [2.24, 2.45) is 0 Å². The zero-order valence-corrected chi connectivity index (χ0v) is 15.9. The summed E-state index contributed by atoms with van der Waals surface area (Å²) in [5.74, 6) is 0.365. The molecule has 1 saturated carbocycles. The molecule has 1 fully saturated rings. The van der Waals surface area contributed by atoms with Crippen LogP contribution in [0.4, 0.5) is 15.2 Å². The summed E-state index contributed by atoms with van der Waals surface area (Å²) >= 11 is 7.58. The molecule has 1 N–H and O–H groups in total. The van der Waals surface area contributed by atoms with E-state index in [1.807, 2.05) is 5.38 Å². The van der Waals surface area contributed by atoms with Crippen LogP contribution in [0.15, 0.2) is 47.8 Å². The smallest absolute Gasteiger partial charge is 0.187 e. The van der Waals surface area contributed by atoms with E-state index in [0.29, 0.717) is 16.6 Å². The highest BCUT2D eigenvalue weighted by Gasteiger charge is 2.15. The van der Waals surface area contributed by atoms with Crippen molar-refractivity contribution in [2.75, 3.05) is 5.32 Å². The van der Waals surface area contributed by atoms with Gasteiger partial charge in [0.2, 0.25) is 0 Å². The van der Waals surface area contributed by atoms with Gasteiger partial charge in [-0.25, -0.2) is 9.37 Å². The van der Waals surface area contributed by atoms with Crippen molar-refractivity contribution in [3.8, 4) is 11.3 Å². The molecule has 2 aromatic carbocycles. The molecule has 1 aliphatic carbocycles. The Kier molecular flexibility index (Phi) is 5.23. The second kappa shape index (κ2) is 7.77. The lowest BCUT2D eigenvalue weighted by atomic mass is 9.84. The van der Waals surface area contributed by atoms with Crippen molar-refractivity contribution in [1.82, 2.24) is 4.98 Å². The molecule has 1 aromatic heterocycles. The van der Waals surface area contributed by atoms with Gasteiger partial charge in [-0.15, -0.1) is 11.3 Å². The molecule has 1 aliphatic rings. The molecule has 0 spiro atoms. The van der Waals surface area contributed by atoms with Gasteiger partial charge >= 0.3 is 0 Å². The molecule has 2 nitrogen and oxygen atoms in total. The Morgan fingerprint density at radius 1 is 1.04 bits per heavy atom. The van der Waals surface area contributed by atoms with Gasteiger partial charge in [-0.05, 0) is 42.5 Å². The molecule has 26 heavy (non-hydrogen) atoms. The summed E-state index contributed by atoms with van der Waals surface area (Å²) in [5, 5.41) is 6.27. The zero-order valence-electron chi connectivity index (χ0n) is 14.3. The average Bonchev–Trinajstić information content (AvgIpc) is 3.14. The number of nitrogens with one attached hydrogen (secondary N) is 1. The third kappa shape index (κ3) is 3.92. The number of thiazole rings is 1. The fourth-order valence-corrected chi connectivity index (χ4v) is 4.48. The third-order valence-electron chi connectivity index (χ3n) is 4.96. The average molecular weight is 387 g/mol. The normalized spacial score (nSPS) is 15.2. The number of aromatic nitrogens is 1. The molecule has 0 unspecified atom stereocenters. The van der Waals surface area contributed by atoms with Crippen LogP contribution in [0.2, 0.25) is 5.02 Å². The first-order valence-electron chi connectivity index (χ1n) is 8.97. The Hall–Kier alpha value is -1.91. The van der Waals surface area contributed by atoms with Crippen LogP contribution in [0.1, 0.15) is 43.6 Å². The van der Waals surface area contributed by atoms with Crippen molar-refractivity contribution >= 4 is 33.8 Å². The van der Waals surface area contributed by atoms with Crippen LogP contribution in [0.5, 0.6) is 0 Å². The van der Waals surface area contributed by atoms with Crippen LogP contribution in [-0.4, -0.2) is 4.98 Å². The minimum absolute atomic E-state index is 0.346. The van der Waals surface area contributed by atoms with Crippen LogP contribution in [0.25, 0.3) is 11.3 Å². The van der Waals surface area contributed by atoms with Gasteiger partial charge in [-0.3, -0.25) is 0 Å². The predicted molar refractivity (Wildman–Crippen MR) is 108 cm³/mol. The number of anilines is 2. The van der Waals surface area contributed by atoms with E-state index in [1.165, 1.54) is 61.1 Å². The zero-order chi connectivity index (χ0) is 17.9. The third-order valence-corrected chi connectivity index (χ3v) is 6.03. The molecule has 3 aromatic rings. The van der Waals surface area contributed by atoms with Crippen molar-refractivity contribution in [3.05, 3.63) is 64.2 Å². The topological polar surface area (TPSA) is 24.9 Å². The standard InChI is InChI=1S/C21H20ClFN2S/c22-18-12-17(23)10-11-19(18)24-21-25-20(13-26-21)16-8-6-15(7-9-16)14-4-2-1-3-5-14/h6-14H,1-5H2,(H,24,25). The Balaban J connectivity index is 1.48. The molecule has 134 valence electrons. The summed E-state index contributed by atoms with van der Waals surface area (Å²) in [5.41, 5.74) is 4.15. The second-order valence-corrected chi connectivity index (χ2v) is 8.01. The van der Waals surface area contributed by atoms with Gasteiger partial charge in [-0.1, -0.05) is 55.1 Å². The molecule has 4 rings (SSSR count). The SMILES string of the molecule is Fc1ccc(Nc2nc(-c3ccc(C4CCCCC4)cc3)cs2)c(Cl)c1. The van der Waals surface area contributed by atoms with Gasteiger partial charge in [0, 0.05) is 10.9 Å². The summed E-state index contributed by atoms with van der Waals surface area (Å²) in [7, 11) is 0. The number of halogens is 2. The van der Waals surface area contributed by atoms with E-state index in [9.17, 15) is 4.39 Å². The first-order chi connectivity index (χ1) is 12.7. The summed E-state index contributed by atoms with van der Waals surface area (Å²) in [6.45, 7) is 0. The van der Waals surface area contributed by atoms with Gasteiger partial charge in [0.05, 0.1) is 16.4 Å². The molecule has 0 bridgehead atoms. The minimum Gasteiger partial charge on any atom is -0.330 e. The molecule has 0 atom stereocenters. The number of nitrogens with zero attached hydrogens (tertiary/aromatic N) is 1. The van der Waals surface area contributed by atoms with E-state index in [2.05, 4.69) is 34.6 Å². The summed E-state index contributed by atoms with van der Waals surface area (Å²) in [4.78, 5) is 4.64. The summed E-state index contributed by atoms with van der Waals surface area (Å²) in [6.07, 6.45) is 6.69. The summed E-state index contributed by atoms with van der Waals surface area (Å²) in [6, 6.07) is 13.1. The van der Waals surface area contributed by atoms with Crippen LogP contribution in [0, 0.1) is 5.82 Å². The molecule has 0 saturated heterocycles. The maximum Gasteiger partial charge on any atom is 0.187 e. The highest BCUT2D eigenvalue weighted by atomic mass is 35.5. The molecular formula is C21H20ClFN2S. The van der Waals surface area contributed by atoms with E-state index < -0.39 is 0 Å². The second-order valence-electron chi connectivity index (χ2n) is 6.74. The number of hydrogen-bond donors (Lipinski definition) is 1. The van der Waals surface area contributed by atoms with Gasteiger partial charge in [0.1, 0.15) is 5.82 Å². The molecular weight excluding hydrogens is 367 g/mol. The van der Waals surface area contributed by atoms with Crippen molar-refractivity contribution < 1.29 is 4.39 Å². The fourth-order valence-electron chi connectivity index (χ4n) is 3.53. The first kappa shape index (κ1) is 17.5. The van der Waals surface area contributed by atoms with Crippen LogP contribution in [-0.2, 0) is 0 Å². The minimum atomic E-state index is -0.349. The lowest BCUT2D eigenvalue weighted by molar-refractivity contribution is 0.443. The Morgan fingerprint density at radius 3 is 2.54 bits per heavy atom. The Morgan fingerprint density at radius 2 is 1.81 bits per heavy atom. The predicted octanol–water partition coefficient (Wildman–Crippen LogP) is 7.39. The summed E-state index contributed by atoms with van der Waals surface area (Å²) < 4.78 is 13.2. The van der Waals surface area contributed by atoms with E-state index in [0.717, 1.165) is 16.4 Å². The van der Waals surface area contributed by atoms with Gasteiger partial charge in [-0.2, -0.15) is 0 Å². The van der Waals surface area contributed by atoms with Crippen molar-refractivity contribution in [3.63, 3.8) is 0 Å². The maximum absolute atomic E-state index is 13.2. The maximum atomic E-state index is 13.2. The molecule has 5 heteroatoms. The quantitative estimate of drug-likeness (QED) is 0.505. The molecule has 0 radical (unpaired) electrons. The van der Waals surface area contributed by atoms with Gasteiger partial charge < -0.3 is 5.32 Å². The van der Waals surface area contributed by atoms with E-state index >= 15 is 0 Å².